The molecule has 3 aromatic heterocycles. The van der Waals surface area contributed by atoms with Crippen molar-refractivity contribution >= 4 is 11.3 Å². The van der Waals surface area contributed by atoms with E-state index in [9.17, 15) is 0 Å². The zero-order valence-electron chi connectivity index (χ0n) is 8.03. The summed E-state index contributed by atoms with van der Waals surface area (Å²) in [4.78, 5) is 6.47. The van der Waals surface area contributed by atoms with Gasteiger partial charge in [0, 0.05) is 45.7 Å². The second-order valence-electron chi connectivity index (χ2n) is 3.37. The summed E-state index contributed by atoms with van der Waals surface area (Å²) >= 11 is 1.72. The highest BCUT2D eigenvalue weighted by atomic mass is 32.1. The summed E-state index contributed by atoms with van der Waals surface area (Å²) in [6, 6.07) is 8.22. The van der Waals surface area contributed by atoms with Gasteiger partial charge >= 0.3 is 0 Å². The van der Waals surface area contributed by atoms with Crippen LogP contribution in [0.3, 0.4) is 0 Å². The van der Waals surface area contributed by atoms with E-state index in [1.165, 1.54) is 22.5 Å². The van der Waals surface area contributed by atoms with Crippen LogP contribution >= 0.6 is 11.3 Å². The van der Waals surface area contributed by atoms with Crippen molar-refractivity contribution in [3.05, 3.63) is 47.4 Å². The van der Waals surface area contributed by atoms with Gasteiger partial charge in [-0.05, 0) is 24.3 Å². The van der Waals surface area contributed by atoms with Crippen LogP contribution in [0.1, 0.15) is 0 Å². The zero-order chi connectivity index (χ0) is 10.1. The molecule has 15 heavy (non-hydrogen) atoms. The molecule has 0 aliphatic carbocycles. The molecule has 0 fully saturated rings. The molecular formula is C12H10N2S. The lowest BCUT2D eigenvalue weighted by Crippen LogP contribution is -1.79. The summed E-state index contributed by atoms with van der Waals surface area (Å²) in [5.41, 5.74) is 4.85. The normalized spacial score (nSPS) is 10.7. The number of H-pyrrole nitrogens is 2. The lowest BCUT2D eigenvalue weighted by Gasteiger charge is -1.99. The lowest BCUT2D eigenvalue weighted by molar-refractivity contribution is 1.38. The number of hydrogen-bond acceptors (Lipinski definition) is 1. The number of hydrogen-bond donors (Lipinski definition) is 2. The number of rotatable bonds is 2. The SMILES string of the molecule is c1c[nH]c(-c2cscc2-c2ccc[nH]2)c1. The van der Waals surface area contributed by atoms with Gasteiger partial charge in [0.15, 0.2) is 0 Å². The minimum atomic E-state index is 1.17. The molecule has 3 heterocycles. The van der Waals surface area contributed by atoms with Gasteiger partial charge in [0.1, 0.15) is 0 Å². The van der Waals surface area contributed by atoms with Crippen LogP contribution in [0.5, 0.6) is 0 Å². The van der Waals surface area contributed by atoms with Crippen LogP contribution in [-0.2, 0) is 0 Å². The van der Waals surface area contributed by atoms with Crippen LogP contribution in [-0.4, -0.2) is 9.97 Å². The Balaban J connectivity index is 2.15. The smallest absolute Gasteiger partial charge is 0.0469 e. The van der Waals surface area contributed by atoms with Crippen LogP contribution in [0.4, 0.5) is 0 Å². The molecule has 3 rings (SSSR count). The molecule has 3 heteroatoms. The molecule has 0 amide bonds. The van der Waals surface area contributed by atoms with E-state index >= 15 is 0 Å². The largest absolute Gasteiger partial charge is 0.361 e. The Bertz CT molecular complexity index is 483. The average Bonchev–Trinajstić information content (AvgIpc) is 3.01. The number of aromatic amines is 2. The number of thiophene rings is 1. The monoisotopic (exact) mass is 214 g/mol. The standard InChI is InChI=1S/C12H10N2S/c1-3-11(13-5-1)9-7-15-8-10(9)12-4-2-6-14-12/h1-8,13-14H. The highest BCUT2D eigenvalue weighted by Gasteiger charge is 2.08. The quantitative estimate of drug-likeness (QED) is 0.651. The lowest BCUT2D eigenvalue weighted by atomic mass is 10.1. The van der Waals surface area contributed by atoms with E-state index in [1.54, 1.807) is 11.3 Å². The first-order valence-corrected chi connectivity index (χ1v) is 5.73. The molecule has 3 aromatic rings. The van der Waals surface area contributed by atoms with Gasteiger partial charge in [-0.3, -0.25) is 0 Å². The van der Waals surface area contributed by atoms with E-state index < -0.39 is 0 Å². The average molecular weight is 214 g/mol. The number of aromatic nitrogens is 2. The van der Waals surface area contributed by atoms with E-state index in [-0.39, 0.29) is 0 Å². The molecule has 2 nitrogen and oxygen atoms in total. The van der Waals surface area contributed by atoms with Gasteiger partial charge in [-0.15, -0.1) is 0 Å². The summed E-state index contributed by atoms with van der Waals surface area (Å²) in [7, 11) is 0. The van der Waals surface area contributed by atoms with Crippen molar-refractivity contribution in [2.24, 2.45) is 0 Å². The minimum absolute atomic E-state index is 1.17. The predicted molar refractivity (Wildman–Crippen MR) is 63.9 cm³/mol. The molecule has 0 saturated heterocycles. The second-order valence-corrected chi connectivity index (χ2v) is 4.11. The third-order valence-electron chi connectivity index (χ3n) is 2.44. The molecule has 0 aliphatic heterocycles. The predicted octanol–water partition coefficient (Wildman–Crippen LogP) is 3.74. The molecule has 0 saturated carbocycles. The molecular weight excluding hydrogens is 204 g/mol. The van der Waals surface area contributed by atoms with Crippen molar-refractivity contribution in [3.63, 3.8) is 0 Å². The molecule has 2 N–H and O–H groups in total. The van der Waals surface area contributed by atoms with Gasteiger partial charge in [0.2, 0.25) is 0 Å². The summed E-state index contributed by atoms with van der Waals surface area (Å²) in [6.07, 6.45) is 3.90. The van der Waals surface area contributed by atoms with Crippen molar-refractivity contribution in [2.75, 3.05) is 0 Å². The Kier molecular flexibility index (Phi) is 1.96. The minimum Gasteiger partial charge on any atom is -0.361 e. The summed E-state index contributed by atoms with van der Waals surface area (Å²) in [5.74, 6) is 0. The Morgan fingerprint density at radius 1 is 0.800 bits per heavy atom. The van der Waals surface area contributed by atoms with E-state index in [0.29, 0.717) is 0 Å². The van der Waals surface area contributed by atoms with Crippen LogP contribution in [0, 0.1) is 0 Å². The molecule has 0 spiro atoms. The van der Waals surface area contributed by atoms with Crippen LogP contribution in [0.25, 0.3) is 22.5 Å². The third kappa shape index (κ3) is 1.41. The van der Waals surface area contributed by atoms with E-state index in [2.05, 4.69) is 32.9 Å². The maximum absolute atomic E-state index is 3.23. The molecule has 0 aliphatic rings. The van der Waals surface area contributed by atoms with Gasteiger partial charge in [0.25, 0.3) is 0 Å². The van der Waals surface area contributed by atoms with E-state index in [0.717, 1.165) is 0 Å². The highest BCUT2D eigenvalue weighted by molar-refractivity contribution is 7.08. The van der Waals surface area contributed by atoms with Crippen LogP contribution in [0.2, 0.25) is 0 Å². The van der Waals surface area contributed by atoms with E-state index in [4.69, 9.17) is 0 Å². The highest BCUT2D eigenvalue weighted by Crippen LogP contribution is 2.33. The molecule has 74 valence electrons. The van der Waals surface area contributed by atoms with Gasteiger partial charge in [-0.2, -0.15) is 11.3 Å². The summed E-state index contributed by atoms with van der Waals surface area (Å²) in [5, 5.41) is 4.34. The van der Waals surface area contributed by atoms with Crippen molar-refractivity contribution in [1.82, 2.24) is 9.97 Å². The maximum Gasteiger partial charge on any atom is 0.0469 e. The van der Waals surface area contributed by atoms with Gasteiger partial charge in [-0.25, -0.2) is 0 Å². The van der Waals surface area contributed by atoms with E-state index in [1.807, 2.05) is 24.5 Å². The third-order valence-corrected chi connectivity index (χ3v) is 3.18. The van der Waals surface area contributed by atoms with Crippen molar-refractivity contribution in [1.29, 1.82) is 0 Å². The second kappa shape index (κ2) is 3.44. The Hall–Kier alpha value is -1.74. The zero-order valence-corrected chi connectivity index (χ0v) is 8.84. The van der Waals surface area contributed by atoms with Crippen molar-refractivity contribution in [3.8, 4) is 22.5 Å². The Labute approximate surface area is 91.6 Å². The molecule has 0 unspecified atom stereocenters. The molecule has 0 aromatic carbocycles. The molecule has 0 atom stereocenters. The van der Waals surface area contributed by atoms with Crippen molar-refractivity contribution in [2.45, 2.75) is 0 Å². The van der Waals surface area contributed by atoms with Gasteiger partial charge in [0.05, 0.1) is 0 Å². The van der Waals surface area contributed by atoms with Crippen molar-refractivity contribution < 1.29 is 0 Å². The van der Waals surface area contributed by atoms with Gasteiger partial charge in [-0.1, -0.05) is 0 Å². The summed E-state index contributed by atoms with van der Waals surface area (Å²) in [6.45, 7) is 0. The molecule has 0 radical (unpaired) electrons. The van der Waals surface area contributed by atoms with Gasteiger partial charge < -0.3 is 9.97 Å². The fraction of sp³-hybridized carbons (Fsp3) is 0. The molecule has 0 bridgehead atoms. The maximum atomic E-state index is 3.23. The number of nitrogens with one attached hydrogen (secondary N) is 2. The first-order valence-electron chi connectivity index (χ1n) is 4.79. The summed E-state index contributed by atoms with van der Waals surface area (Å²) < 4.78 is 0. The van der Waals surface area contributed by atoms with Crippen LogP contribution < -0.4 is 0 Å². The fourth-order valence-corrected chi connectivity index (χ4v) is 2.56. The first-order chi connectivity index (χ1) is 7.45. The topological polar surface area (TPSA) is 31.6 Å². The van der Waals surface area contributed by atoms with Crippen LogP contribution in [0.15, 0.2) is 47.4 Å². The Morgan fingerprint density at radius 2 is 1.33 bits per heavy atom. The Morgan fingerprint density at radius 3 is 1.73 bits per heavy atom. The first kappa shape index (κ1) is 8.56. The fourth-order valence-electron chi connectivity index (χ4n) is 1.71.